The van der Waals surface area contributed by atoms with Crippen LogP contribution in [0.15, 0.2) is 48.5 Å². The maximum atomic E-state index is 12.4. The summed E-state index contributed by atoms with van der Waals surface area (Å²) in [6.07, 6.45) is 0.504. The average Bonchev–Trinajstić information content (AvgIpc) is 2.55. The van der Waals surface area contributed by atoms with E-state index in [2.05, 4.69) is 36.9 Å². The molecule has 0 aliphatic carbocycles. The number of piperazine rings is 1. The van der Waals surface area contributed by atoms with Crippen molar-refractivity contribution in [3.63, 3.8) is 0 Å². The van der Waals surface area contributed by atoms with Crippen LogP contribution >= 0.6 is 0 Å². The maximum Gasteiger partial charge on any atom is 0.227 e. The zero-order valence-electron chi connectivity index (χ0n) is 14.0. The minimum atomic E-state index is 0.233. The molecule has 3 heteroatoms. The van der Waals surface area contributed by atoms with Gasteiger partial charge < -0.3 is 9.80 Å². The number of aryl methyl sites for hydroxylation is 2. The van der Waals surface area contributed by atoms with E-state index >= 15 is 0 Å². The van der Waals surface area contributed by atoms with Gasteiger partial charge in [0.2, 0.25) is 5.91 Å². The summed E-state index contributed by atoms with van der Waals surface area (Å²) >= 11 is 0. The number of carbonyl (C=O) groups is 1. The first kappa shape index (κ1) is 15.6. The van der Waals surface area contributed by atoms with Crippen LogP contribution < -0.4 is 4.90 Å². The summed E-state index contributed by atoms with van der Waals surface area (Å²) in [6.45, 7) is 7.69. The second-order valence-corrected chi connectivity index (χ2v) is 6.38. The standard InChI is InChI=1S/C20H24N2O/c1-16-12-17(2)14-19(13-16)21-8-10-22(11-9-21)20(23)15-18-6-4-3-5-7-18/h3-7,12-14H,8-11,15H2,1-2H3. The van der Waals surface area contributed by atoms with Crippen LogP contribution in [0.3, 0.4) is 0 Å². The van der Waals surface area contributed by atoms with Crippen molar-refractivity contribution in [2.45, 2.75) is 20.3 Å². The summed E-state index contributed by atoms with van der Waals surface area (Å²) in [6, 6.07) is 16.7. The van der Waals surface area contributed by atoms with Gasteiger partial charge in [-0.25, -0.2) is 0 Å². The van der Waals surface area contributed by atoms with E-state index < -0.39 is 0 Å². The smallest absolute Gasteiger partial charge is 0.227 e. The predicted molar refractivity (Wildman–Crippen MR) is 94.9 cm³/mol. The quantitative estimate of drug-likeness (QED) is 0.869. The molecule has 3 nitrogen and oxygen atoms in total. The highest BCUT2D eigenvalue weighted by Crippen LogP contribution is 2.20. The molecule has 0 N–H and O–H groups in total. The fraction of sp³-hybridized carbons (Fsp3) is 0.350. The van der Waals surface area contributed by atoms with Gasteiger partial charge in [0.1, 0.15) is 0 Å². The molecule has 0 bridgehead atoms. The Morgan fingerprint density at radius 1 is 0.913 bits per heavy atom. The molecule has 0 unspecified atom stereocenters. The van der Waals surface area contributed by atoms with Gasteiger partial charge in [-0.15, -0.1) is 0 Å². The molecule has 1 aliphatic heterocycles. The summed E-state index contributed by atoms with van der Waals surface area (Å²) in [5.74, 6) is 0.233. The van der Waals surface area contributed by atoms with Crippen molar-refractivity contribution in [3.05, 3.63) is 65.2 Å². The molecule has 1 heterocycles. The van der Waals surface area contributed by atoms with Gasteiger partial charge >= 0.3 is 0 Å². The van der Waals surface area contributed by atoms with E-state index in [9.17, 15) is 4.79 Å². The number of carbonyl (C=O) groups excluding carboxylic acids is 1. The molecule has 0 atom stereocenters. The number of hydrogen-bond donors (Lipinski definition) is 0. The van der Waals surface area contributed by atoms with Crippen molar-refractivity contribution in [1.82, 2.24) is 4.90 Å². The van der Waals surface area contributed by atoms with Crippen LogP contribution in [0.4, 0.5) is 5.69 Å². The fourth-order valence-corrected chi connectivity index (χ4v) is 3.23. The molecule has 2 aromatic rings. The second kappa shape index (κ2) is 6.86. The highest BCUT2D eigenvalue weighted by molar-refractivity contribution is 5.79. The van der Waals surface area contributed by atoms with Gasteiger partial charge in [-0.1, -0.05) is 36.4 Å². The van der Waals surface area contributed by atoms with E-state index in [-0.39, 0.29) is 5.91 Å². The van der Waals surface area contributed by atoms with Crippen molar-refractivity contribution in [2.24, 2.45) is 0 Å². The molecule has 2 aromatic carbocycles. The van der Waals surface area contributed by atoms with Crippen LogP contribution in [0.25, 0.3) is 0 Å². The van der Waals surface area contributed by atoms with Gasteiger partial charge in [0, 0.05) is 31.9 Å². The van der Waals surface area contributed by atoms with Crippen molar-refractivity contribution in [1.29, 1.82) is 0 Å². The van der Waals surface area contributed by atoms with Gasteiger partial charge in [0.25, 0.3) is 0 Å². The molecule has 0 aromatic heterocycles. The van der Waals surface area contributed by atoms with E-state index in [0.29, 0.717) is 6.42 Å². The average molecular weight is 308 g/mol. The van der Waals surface area contributed by atoms with Crippen LogP contribution in [0.5, 0.6) is 0 Å². The first-order valence-electron chi connectivity index (χ1n) is 8.27. The highest BCUT2D eigenvalue weighted by Gasteiger charge is 2.21. The van der Waals surface area contributed by atoms with Crippen LogP contribution in [0, 0.1) is 13.8 Å². The van der Waals surface area contributed by atoms with Crippen LogP contribution in [-0.2, 0) is 11.2 Å². The van der Waals surface area contributed by atoms with Gasteiger partial charge in [-0.2, -0.15) is 0 Å². The van der Waals surface area contributed by atoms with Gasteiger partial charge in [0.15, 0.2) is 0 Å². The molecule has 1 aliphatic rings. The summed E-state index contributed by atoms with van der Waals surface area (Å²) in [5, 5.41) is 0. The molecule has 3 rings (SSSR count). The van der Waals surface area contributed by atoms with E-state index in [1.807, 2.05) is 35.2 Å². The minimum Gasteiger partial charge on any atom is -0.368 e. The lowest BCUT2D eigenvalue weighted by atomic mass is 10.1. The number of benzene rings is 2. The Morgan fingerprint density at radius 3 is 2.13 bits per heavy atom. The van der Waals surface area contributed by atoms with Crippen LogP contribution in [-0.4, -0.2) is 37.0 Å². The Balaban J connectivity index is 1.58. The van der Waals surface area contributed by atoms with Crippen molar-refractivity contribution >= 4 is 11.6 Å². The molecular formula is C20H24N2O. The Kier molecular flexibility index (Phi) is 4.65. The summed E-state index contributed by atoms with van der Waals surface area (Å²) < 4.78 is 0. The normalized spacial score (nSPS) is 14.9. The first-order chi connectivity index (χ1) is 11.1. The summed E-state index contributed by atoms with van der Waals surface area (Å²) in [4.78, 5) is 16.8. The van der Waals surface area contributed by atoms with Crippen molar-refractivity contribution in [3.8, 4) is 0 Å². The molecule has 0 radical (unpaired) electrons. The Morgan fingerprint density at radius 2 is 1.52 bits per heavy atom. The van der Waals surface area contributed by atoms with Gasteiger partial charge in [-0.3, -0.25) is 4.79 Å². The SMILES string of the molecule is Cc1cc(C)cc(N2CCN(C(=O)Cc3ccccc3)CC2)c1. The zero-order valence-corrected chi connectivity index (χ0v) is 14.0. The van der Waals surface area contributed by atoms with E-state index in [0.717, 1.165) is 31.7 Å². The van der Waals surface area contributed by atoms with E-state index in [1.54, 1.807) is 0 Å². The molecule has 0 spiro atoms. The number of amides is 1. The van der Waals surface area contributed by atoms with Crippen LogP contribution in [0.2, 0.25) is 0 Å². The Bertz CT molecular complexity index is 653. The van der Waals surface area contributed by atoms with Crippen LogP contribution in [0.1, 0.15) is 16.7 Å². The zero-order chi connectivity index (χ0) is 16.2. The highest BCUT2D eigenvalue weighted by atomic mass is 16.2. The lowest BCUT2D eigenvalue weighted by Gasteiger charge is -2.36. The van der Waals surface area contributed by atoms with Crippen molar-refractivity contribution < 1.29 is 4.79 Å². The van der Waals surface area contributed by atoms with Crippen molar-refractivity contribution in [2.75, 3.05) is 31.1 Å². The van der Waals surface area contributed by atoms with Gasteiger partial charge in [0.05, 0.1) is 6.42 Å². The largest absolute Gasteiger partial charge is 0.368 e. The maximum absolute atomic E-state index is 12.4. The third-order valence-corrected chi connectivity index (χ3v) is 4.40. The molecule has 23 heavy (non-hydrogen) atoms. The lowest BCUT2D eigenvalue weighted by Crippen LogP contribution is -2.49. The summed E-state index contributed by atoms with van der Waals surface area (Å²) in [7, 11) is 0. The minimum absolute atomic E-state index is 0.233. The van der Waals surface area contributed by atoms with E-state index in [1.165, 1.54) is 16.8 Å². The number of hydrogen-bond acceptors (Lipinski definition) is 2. The first-order valence-corrected chi connectivity index (χ1v) is 8.27. The molecule has 1 saturated heterocycles. The predicted octanol–water partition coefficient (Wildman–Crippen LogP) is 3.19. The van der Waals surface area contributed by atoms with E-state index in [4.69, 9.17) is 0 Å². The third-order valence-electron chi connectivity index (χ3n) is 4.40. The lowest BCUT2D eigenvalue weighted by molar-refractivity contribution is -0.130. The Hall–Kier alpha value is -2.29. The molecule has 120 valence electrons. The number of rotatable bonds is 3. The molecule has 1 fully saturated rings. The second-order valence-electron chi connectivity index (χ2n) is 6.38. The number of nitrogens with zero attached hydrogens (tertiary/aromatic N) is 2. The molecular weight excluding hydrogens is 284 g/mol. The Labute approximate surface area is 138 Å². The third kappa shape index (κ3) is 3.92. The topological polar surface area (TPSA) is 23.6 Å². The number of anilines is 1. The summed E-state index contributed by atoms with van der Waals surface area (Å²) in [5.41, 5.74) is 4.96. The monoisotopic (exact) mass is 308 g/mol. The fourth-order valence-electron chi connectivity index (χ4n) is 3.23. The molecule has 1 amide bonds. The molecule has 0 saturated carbocycles. The van der Waals surface area contributed by atoms with Gasteiger partial charge in [-0.05, 0) is 42.7 Å².